The lowest BCUT2D eigenvalue weighted by Crippen LogP contribution is -2.40. The Morgan fingerprint density at radius 1 is 1.35 bits per heavy atom. The summed E-state index contributed by atoms with van der Waals surface area (Å²) in [5.41, 5.74) is 1.25. The molecule has 0 atom stereocenters. The minimum absolute atomic E-state index is 0. The van der Waals surface area contributed by atoms with Crippen molar-refractivity contribution in [3.63, 3.8) is 0 Å². The quantitative estimate of drug-likeness (QED) is 0.931. The molecule has 0 saturated carbocycles. The highest BCUT2D eigenvalue weighted by molar-refractivity contribution is 5.94. The van der Waals surface area contributed by atoms with Gasteiger partial charge >= 0.3 is 0 Å². The summed E-state index contributed by atoms with van der Waals surface area (Å²) in [4.78, 5) is 14.1. The molecule has 1 fully saturated rings. The lowest BCUT2D eigenvalue weighted by Gasteiger charge is -2.32. The van der Waals surface area contributed by atoms with Crippen molar-refractivity contribution in [2.75, 3.05) is 26.7 Å². The number of piperidine rings is 1. The molecule has 1 aliphatic heterocycles. The van der Waals surface area contributed by atoms with Crippen molar-refractivity contribution in [1.29, 1.82) is 0 Å². The van der Waals surface area contributed by atoms with E-state index in [9.17, 15) is 9.18 Å². The number of carbonyl (C=O) groups is 1. The van der Waals surface area contributed by atoms with Crippen LogP contribution in [0.25, 0.3) is 0 Å². The van der Waals surface area contributed by atoms with E-state index in [-0.39, 0.29) is 24.1 Å². The molecule has 1 aliphatic rings. The maximum Gasteiger partial charge on any atom is 0.253 e. The number of likely N-dealkylation sites (tertiary alicyclic amines) is 1. The van der Waals surface area contributed by atoms with E-state index < -0.39 is 0 Å². The Labute approximate surface area is 125 Å². The molecule has 0 aromatic heterocycles. The van der Waals surface area contributed by atoms with Gasteiger partial charge in [0, 0.05) is 18.7 Å². The van der Waals surface area contributed by atoms with E-state index in [1.54, 1.807) is 13.0 Å². The van der Waals surface area contributed by atoms with Gasteiger partial charge in [-0.15, -0.1) is 12.4 Å². The third-order valence-corrected chi connectivity index (χ3v) is 3.68. The van der Waals surface area contributed by atoms with E-state index in [2.05, 4.69) is 5.32 Å². The zero-order valence-electron chi connectivity index (χ0n) is 12.0. The predicted molar refractivity (Wildman–Crippen MR) is 80.9 cm³/mol. The molecular weight excluding hydrogens is 279 g/mol. The van der Waals surface area contributed by atoms with E-state index in [0.717, 1.165) is 38.0 Å². The van der Waals surface area contributed by atoms with Gasteiger partial charge in [-0.3, -0.25) is 4.79 Å². The Bertz CT molecular complexity index is 439. The first kappa shape index (κ1) is 16.9. The molecule has 0 spiro atoms. The Morgan fingerprint density at radius 3 is 2.55 bits per heavy atom. The Morgan fingerprint density at radius 2 is 2.00 bits per heavy atom. The average molecular weight is 301 g/mol. The van der Waals surface area contributed by atoms with Crippen molar-refractivity contribution in [3.05, 3.63) is 35.1 Å². The summed E-state index contributed by atoms with van der Waals surface area (Å²) < 4.78 is 13.3. The minimum Gasteiger partial charge on any atom is -0.339 e. The molecular formula is C15H22ClFN2O. The van der Waals surface area contributed by atoms with Gasteiger partial charge in [0.05, 0.1) is 0 Å². The van der Waals surface area contributed by atoms with Crippen LogP contribution in [0.4, 0.5) is 4.39 Å². The molecule has 0 radical (unpaired) electrons. The van der Waals surface area contributed by atoms with E-state index in [4.69, 9.17) is 0 Å². The molecule has 1 saturated heterocycles. The number of halogens is 2. The van der Waals surface area contributed by atoms with Crippen LogP contribution in [0, 0.1) is 18.7 Å². The van der Waals surface area contributed by atoms with Gasteiger partial charge in [-0.05, 0) is 63.0 Å². The summed E-state index contributed by atoms with van der Waals surface area (Å²) in [6.07, 6.45) is 2.03. The number of carbonyl (C=O) groups excluding carboxylic acids is 1. The average Bonchev–Trinajstić information content (AvgIpc) is 2.38. The van der Waals surface area contributed by atoms with Crippen LogP contribution in [0.15, 0.2) is 18.2 Å². The highest BCUT2D eigenvalue weighted by Gasteiger charge is 2.23. The zero-order chi connectivity index (χ0) is 13.8. The Balaban J connectivity index is 0.00000200. The van der Waals surface area contributed by atoms with E-state index in [1.165, 1.54) is 12.1 Å². The van der Waals surface area contributed by atoms with Gasteiger partial charge in [-0.25, -0.2) is 4.39 Å². The van der Waals surface area contributed by atoms with Gasteiger partial charge in [0.15, 0.2) is 0 Å². The fraction of sp³-hybridized carbons (Fsp3) is 0.533. The largest absolute Gasteiger partial charge is 0.339 e. The first-order chi connectivity index (χ1) is 9.10. The van der Waals surface area contributed by atoms with Gasteiger partial charge in [-0.2, -0.15) is 0 Å². The highest BCUT2D eigenvalue weighted by Crippen LogP contribution is 2.19. The monoisotopic (exact) mass is 300 g/mol. The van der Waals surface area contributed by atoms with E-state index in [0.29, 0.717) is 11.5 Å². The minimum atomic E-state index is -0.339. The maximum absolute atomic E-state index is 13.3. The smallest absolute Gasteiger partial charge is 0.253 e. The fourth-order valence-electron chi connectivity index (χ4n) is 2.67. The lowest BCUT2D eigenvalue weighted by atomic mass is 9.96. The van der Waals surface area contributed by atoms with Crippen LogP contribution in [0.3, 0.4) is 0 Å². The summed E-state index contributed by atoms with van der Waals surface area (Å²) in [6, 6.07) is 4.52. The first-order valence-corrected chi connectivity index (χ1v) is 6.81. The molecule has 2 rings (SSSR count). The molecule has 3 nitrogen and oxygen atoms in total. The second-order valence-electron chi connectivity index (χ2n) is 5.31. The predicted octanol–water partition coefficient (Wildman–Crippen LogP) is 2.63. The second-order valence-corrected chi connectivity index (χ2v) is 5.31. The number of amides is 1. The molecule has 1 aromatic rings. The van der Waals surface area contributed by atoms with Gasteiger partial charge in [-0.1, -0.05) is 0 Å². The number of benzene rings is 1. The van der Waals surface area contributed by atoms with E-state index in [1.807, 2.05) is 11.9 Å². The van der Waals surface area contributed by atoms with Crippen LogP contribution in [0.5, 0.6) is 0 Å². The summed E-state index contributed by atoms with van der Waals surface area (Å²) in [5, 5.41) is 3.18. The number of nitrogens with one attached hydrogen (secondary N) is 1. The zero-order valence-corrected chi connectivity index (χ0v) is 12.8. The number of nitrogens with zero attached hydrogens (tertiary/aromatic N) is 1. The van der Waals surface area contributed by atoms with Gasteiger partial charge in [0.2, 0.25) is 0 Å². The van der Waals surface area contributed by atoms with Gasteiger partial charge in [0.25, 0.3) is 5.91 Å². The standard InChI is InChI=1S/C15H21FN2O.ClH/c1-11-7-13(9-14(16)8-11)15(19)18-5-3-12(4-6-18)10-17-2;/h7-9,12,17H,3-6,10H2,1-2H3;1H. The number of hydrogen-bond acceptors (Lipinski definition) is 2. The van der Waals surface area contributed by atoms with Crippen molar-refractivity contribution < 1.29 is 9.18 Å². The summed E-state index contributed by atoms with van der Waals surface area (Å²) in [5.74, 6) is 0.252. The van der Waals surface area contributed by atoms with E-state index >= 15 is 0 Å². The van der Waals surface area contributed by atoms with Crippen molar-refractivity contribution in [1.82, 2.24) is 10.2 Å². The normalized spacial score (nSPS) is 15.8. The third-order valence-electron chi connectivity index (χ3n) is 3.68. The van der Waals surface area contributed by atoms with Crippen LogP contribution < -0.4 is 5.32 Å². The van der Waals surface area contributed by atoms with Gasteiger partial charge < -0.3 is 10.2 Å². The van der Waals surface area contributed by atoms with Gasteiger partial charge in [0.1, 0.15) is 5.82 Å². The summed E-state index contributed by atoms with van der Waals surface area (Å²) in [7, 11) is 1.95. The molecule has 0 bridgehead atoms. The molecule has 5 heteroatoms. The number of hydrogen-bond donors (Lipinski definition) is 1. The summed E-state index contributed by atoms with van der Waals surface area (Å²) in [6.45, 7) is 4.33. The number of aryl methyl sites for hydroxylation is 1. The Kier molecular flexibility index (Phi) is 6.43. The first-order valence-electron chi connectivity index (χ1n) is 6.81. The Hall–Kier alpha value is -1.13. The molecule has 0 unspecified atom stereocenters. The molecule has 20 heavy (non-hydrogen) atoms. The topological polar surface area (TPSA) is 32.3 Å². The van der Waals surface area contributed by atoms with Crippen LogP contribution in [-0.2, 0) is 0 Å². The highest BCUT2D eigenvalue weighted by atomic mass is 35.5. The van der Waals surface area contributed by atoms with Crippen LogP contribution in [0.1, 0.15) is 28.8 Å². The van der Waals surface area contributed by atoms with Crippen LogP contribution in [0.2, 0.25) is 0 Å². The third kappa shape index (κ3) is 4.18. The van der Waals surface area contributed by atoms with Crippen molar-refractivity contribution in [3.8, 4) is 0 Å². The van der Waals surface area contributed by atoms with Crippen molar-refractivity contribution in [2.45, 2.75) is 19.8 Å². The maximum atomic E-state index is 13.3. The number of rotatable bonds is 3. The SMILES string of the molecule is CNCC1CCN(C(=O)c2cc(C)cc(F)c2)CC1.Cl. The van der Waals surface area contributed by atoms with Crippen LogP contribution >= 0.6 is 12.4 Å². The fourth-order valence-corrected chi connectivity index (χ4v) is 2.67. The van der Waals surface area contributed by atoms with Crippen molar-refractivity contribution >= 4 is 18.3 Å². The molecule has 1 N–H and O–H groups in total. The molecule has 1 heterocycles. The van der Waals surface area contributed by atoms with Crippen molar-refractivity contribution in [2.24, 2.45) is 5.92 Å². The molecule has 1 amide bonds. The second kappa shape index (κ2) is 7.60. The molecule has 112 valence electrons. The lowest BCUT2D eigenvalue weighted by molar-refractivity contribution is 0.0690. The molecule has 0 aliphatic carbocycles. The van der Waals surface area contributed by atoms with Crippen LogP contribution in [-0.4, -0.2) is 37.5 Å². The summed E-state index contributed by atoms with van der Waals surface area (Å²) >= 11 is 0. The molecule has 1 aromatic carbocycles.